The standard InChI is InChI=1S/C17H24ClN/c1-4-13(5-2)16-7-6-12-19(3)17(16)14-8-10-15(18)11-9-14/h6-11,13,16-17H,4-5,12H2,1-3H3. The maximum atomic E-state index is 6.01. The molecule has 0 radical (unpaired) electrons. The molecule has 0 aromatic heterocycles. The third-order valence-corrected chi connectivity index (χ3v) is 4.65. The molecule has 1 aromatic carbocycles. The molecule has 0 saturated heterocycles. The van der Waals surface area contributed by atoms with Crippen LogP contribution in [0.15, 0.2) is 36.4 Å². The molecule has 0 saturated carbocycles. The summed E-state index contributed by atoms with van der Waals surface area (Å²) in [4.78, 5) is 2.45. The third-order valence-electron chi connectivity index (χ3n) is 4.40. The Morgan fingerprint density at radius 2 is 1.84 bits per heavy atom. The molecule has 0 fully saturated rings. The van der Waals surface area contributed by atoms with Gasteiger partial charge in [-0.3, -0.25) is 4.90 Å². The molecule has 2 unspecified atom stereocenters. The number of halogens is 1. The molecule has 0 amide bonds. The van der Waals surface area contributed by atoms with E-state index in [4.69, 9.17) is 11.6 Å². The number of nitrogens with zero attached hydrogens (tertiary/aromatic N) is 1. The first kappa shape index (κ1) is 14.6. The molecule has 0 aliphatic carbocycles. The molecule has 1 heterocycles. The van der Waals surface area contributed by atoms with E-state index in [1.54, 1.807) is 0 Å². The van der Waals surface area contributed by atoms with E-state index in [0.29, 0.717) is 12.0 Å². The van der Waals surface area contributed by atoms with Crippen LogP contribution in [0.4, 0.5) is 0 Å². The first-order valence-corrected chi connectivity index (χ1v) is 7.67. The van der Waals surface area contributed by atoms with Crippen LogP contribution >= 0.6 is 11.6 Å². The fraction of sp³-hybridized carbons (Fsp3) is 0.529. The summed E-state index contributed by atoms with van der Waals surface area (Å²) in [6.45, 7) is 5.63. The highest BCUT2D eigenvalue weighted by Crippen LogP contribution is 2.39. The number of hydrogen-bond donors (Lipinski definition) is 0. The van der Waals surface area contributed by atoms with Gasteiger partial charge in [-0.25, -0.2) is 0 Å². The Bertz CT molecular complexity index is 419. The molecule has 0 bridgehead atoms. The Morgan fingerprint density at radius 1 is 1.21 bits per heavy atom. The molecule has 1 aliphatic rings. The van der Waals surface area contributed by atoms with Crippen molar-refractivity contribution >= 4 is 11.6 Å². The Hall–Kier alpha value is -0.790. The lowest BCUT2D eigenvalue weighted by Gasteiger charge is -2.40. The van der Waals surface area contributed by atoms with E-state index in [-0.39, 0.29) is 0 Å². The van der Waals surface area contributed by atoms with Gasteiger partial charge in [0.2, 0.25) is 0 Å². The molecule has 1 nitrogen and oxygen atoms in total. The van der Waals surface area contributed by atoms with Crippen LogP contribution in [0.2, 0.25) is 5.02 Å². The van der Waals surface area contributed by atoms with E-state index < -0.39 is 0 Å². The Morgan fingerprint density at radius 3 is 2.42 bits per heavy atom. The normalized spacial score (nSPS) is 24.1. The first-order chi connectivity index (χ1) is 9.17. The Balaban J connectivity index is 2.32. The van der Waals surface area contributed by atoms with E-state index in [1.807, 2.05) is 12.1 Å². The van der Waals surface area contributed by atoms with E-state index >= 15 is 0 Å². The molecule has 2 heteroatoms. The topological polar surface area (TPSA) is 3.24 Å². The average molecular weight is 278 g/mol. The van der Waals surface area contributed by atoms with Crippen molar-refractivity contribution in [3.63, 3.8) is 0 Å². The largest absolute Gasteiger partial charge is 0.295 e. The predicted molar refractivity (Wildman–Crippen MR) is 83.5 cm³/mol. The Labute approximate surface area is 122 Å². The molecule has 1 aliphatic heterocycles. The average Bonchev–Trinajstić information content (AvgIpc) is 2.42. The summed E-state index contributed by atoms with van der Waals surface area (Å²) >= 11 is 6.01. The van der Waals surface area contributed by atoms with Crippen molar-refractivity contribution in [2.24, 2.45) is 11.8 Å². The lowest BCUT2D eigenvalue weighted by Crippen LogP contribution is -2.36. The van der Waals surface area contributed by atoms with Crippen molar-refractivity contribution in [3.8, 4) is 0 Å². The molecule has 2 rings (SSSR count). The first-order valence-electron chi connectivity index (χ1n) is 7.29. The van der Waals surface area contributed by atoms with Crippen molar-refractivity contribution in [2.45, 2.75) is 32.7 Å². The van der Waals surface area contributed by atoms with Gasteiger partial charge in [-0.2, -0.15) is 0 Å². The van der Waals surface area contributed by atoms with Gasteiger partial charge in [-0.1, -0.05) is 62.6 Å². The zero-order valence-corrected chi connectivity index (χ0v) is 12.9. The van der Waals surface area contributed by atoms with Gasteiger partial charge >= 0.3 is 0 Å². The predicted octanol–water partition coefficient (Wildman–Crippen LogP) is 4.94. The van der Waals surface area contributed by atoms with Gasteiger partial charge in [0.15, 0.2) is 0 Å². The van der Waals surface area contributed by atoms with Gasteiger partial charge in [0.05, 0.1) is 0 Å². The molecule has 0 N–H and O–H groups in total. The lowest BCUT2D eigenvalue weighted by atomic mass is 9.77. The summed E-state index contributed by atoms with van der Waals surface area (Å²) in [6, 6.07) is 8.85. The van der Waals surface area contributed by atoms with Crippen LogP contribution in [0, 0.1) is 11.8 Å². The molecule has 19 heavy (non-hydrogen) atoms. The van der Waals surface area contributed by atoms with Crippen molar-refractivity contribution < 1.29 is 0 Å². The summed E-state index contributed by atoms with van der Waals surface area (Å²) in [5.41, 5.74) is 1.38. The number of rotatable bonds is 4. The quantitative estimate of drug-likeness (QED) is 0.705. The zero-order chi connectivity index (χ0) is 13.8. The van der Waals surface area contributed by atoms with E-state index in [0.717, 1.165) is 17.5 Å². The second kappa shape index (κ2) is 6.58. The van der Waals surface area contributed by atoms with E-state index in [9.17, 15) is 0 Å². The summed E-state index contributed by atoms with van der Waals surface area (Å²) in [6.07, 6.45) is 7.22. The number of likely N-dealkylation sites (N-methyl/N-ethyl adjacent to an activating group) is 1. The van der Waals surface area contributed by atoms with Gasteiger partial charge < -0.3 is 0 Å². The van der Waals surface area contributed by atoms with Crippen molar-refractivity contribution in [3.05, 3.63) is 47.0 Å². The van der Waals surface area contributed by atoms with Gasteiger partial charge in [0.25, 0.3) is 0 Å². The van der Waals surface area contributed by atoms with Gasteiger partial charge in [-0.05, 0) is 36.6 Å². The highest BCUT2D eigenvalue weighted by atomic mass is 35.5. The fourth-order valence-corrected chi connectivity index (χ4v) is 3.41. The summed E-state index contributed by atoms with van der Waals surface area (Å²) < 4.78 is 0. The Kier molecular flexibility index (Phi) is 5.06. The smallest absolute Gasteiger partial charge is 0.0413 e. The SMILES string of the molecule is CCC(CC)C1C=CCN(C)C1c1ccc(Cl)cc1. The molecular formula is C17H24ClN. The van der Waals surface area contributed by atoms with Crippen LogP contribution in [0.5, 0.6) is 0 Å². The highest BCUT2D eigenvalue weighted by Gasteiger charge is 2.31. The summed E-state index contributed by atoms with van der Waals surface area (Å²) in [5, 5.41) is 0.817. The minimum Gasteiger partial charge on any atom is -0.295 e. The summed E-state index contributed by atoms with van der Waals surface area (Å²) in [7, 11) is 2.22. The van der Waals surface area contributed by atoms with Gasteiger partial charge in [-0.15, -0.1) is 0 Å². The van der Waals surface area contributed by atoms with Crippen LogP contribution in [-0.2, 0) is 0 Å². The van der Waals surface area contributed by atoms with Gasteiger partial charge in [0.1, 0.15) is 0 Å². The monoisotopic (exact) mass is 277 g/mol. The molecule has 1 aromatic rings. The minimum absolute atomic E-state index is 0.479. The van der Waals surface area contributed by atoms with Crippen molar-refractivity contribution in [1.82, 2.24) is 4.90 Å². The fourth-order valence-electron chi connectivity index (χ4n) is 3.28. The number of benzene rings is 1. The lowest BCUT2D eigenvalue weighted by molar-refractivity contribution is 0.156. The van der Waals surface area contributed by atoms with Crippen molar-refractivity contribution in [1.29, 1.82) is 0 Å². The zero-order valence-electron chi connectivity index (χ0n) is 12.1. The molecule has 104 valence electrons. The second-order valence-electron chi connectivity index (χ2n) is 5.52. The maximum Gasteiger partial charge on any atom is 0.0413 e. The van der Waals surface area contributed by atoms with E-state index in [2.05, 4.69) is 50.1 Å². The molecule has 0 spiro atoms. The molecule has 2 atom stereocenters. The second-order valence-corrected chi connectivity index (χ2v) is 5.95. The van der Waals surface area contributed by atoms with Crippen molar-refractivity contribution in [2.75, 3.05) is 13.6 Å². The van der Waals surface area contributed by atoms with Crippen LogP contribution < -0.4 is 0 Å². The summed E-state index contributed by atoms with van der Waals surface area (Å²) in [5.74, 6) is 1.36. The van der Waals surface area contributed by atoms with Crippen LogP contribution in [0.3, 0.4) is 0 Å². The van der Waals surface area contributed by atoms with Crippen LogP contribution in [-0.4, -0.2) is 18.5 Å². The highest BCUT2D eigenvalue weighted by molar-refractivity contribution is 6.30. The number of hydrogen-bond acceptors (Lipinski definition) is 1. The molecular weight excluding hydrogens is 254 g/mol. The minimum atomic E-state index is 0.479. The third kappa shape index (κ3) is 3.21. The van der Waals surface area contributed by atoms with Gasteiger partial charge in [0, 0.05) is 17.6 Å². The van der Waals surface area contributed by atoms with Crippen LogP contribution in [0.25, 0.3) is 0 Å². The van der Waals surface area contributed by atoms with E-state index in [1.165, 1.54) is 18.4 Å². The van der Waals surface area contributed by atoms with Crippen LogP contribution in [0.1, 0.15) is 38.3 Å². The maximum absolute atomic E-state index is 6.01.